The van der Waals surface area contributed by atoms with E-state index in [2.05, 4.69) is 111 Å². The maximum Gasteiger partial charge on any atom is 0.129 e. The smallest absolute Gasteiger partial charge is 0.128 e. The summed E-state index contributed by atoms with van der Waals surface area (Å²) >= 11 is 3.49. The van der Waals surface area contributed by atoms with Gasteiger partial charge >= 0.3 is 0 Å². The van der Waals surface area contributed by atoms with Gasteiger partial charge in [-0.05, 0) is 23.6 Å². The van der Waals surface area contributed by atoms with Crippen LogP contribution >= 0.6 is 23.5 Å². The van der Waals surface area contributed by atoms with E-state index >= 15 is 0 Å². The number of thioether (sulfide) groups is 2. The molecule has 0 amide bonds. The molecule has 0 bridgehead atoms. The molecule has 0 spiro atoms. The zero-order valence-electron chi connectivity index (χ0n) is 17.3. The molecule has 0 saturated carbocycles. The molecule has 0 aliphatic heterocycles. The summed E-state index contributed by atoms with van der Waals surface area (Å²) in [5.74, 6) is 6.53. The minimum absolute atomic E-state index is 1.22. The minimum Gasteiger partial charge on any atom is -0.128 e. The fourth-order valence-corrected chi connectivity index (χ4v) is 4.06. The predicted molar refractivity (Wildman–Crippen MR) is 132 cm³/mol. The third kappa shape index (κ3) is 9.05. The van der Waals surface area contributed by atoms with Gasteiger partial charge in [-0.3, -0.25) is 0 Å². The largest absolute Gasteiger partial charge is 0.129 e. The average molecular weight is 415 g/mol. The lowest BCUT2D eigenvalue weighted by molar-refractivity contribution is 1.61. The van der Waals surface area contributed by atoms with Crippen LogP contribution in [0.25, 0.3) is 9.81 Å². The van der Waals surface area contributed by atoms with Crippen molar-refractivity contribution in [2.75, 3.05) is 12.5 Å². The van der Waals surface area contributed by atoms with Crippen LogP contribution in [0.3, 0.4) is 0 Å². The van der Waals surface area contributed by atoms with Crippen LogP contribution in [0.1, 0.15) is 11.1 Å². The molecule has 1 rings (SSSR count). The quantitative estimate of drug-likeness (QED) is 0.390. The van der Waals surface area contributed by atoms with Gasteiger partial charge in [-0.15, -0.1) is 34.6 Å². The van der Waals surface area contributed by atoms with Crippen LogP contribution in [0.4, 0.5) is 0 Å². The highest BCUT2D eigenvalue weighted by Gasteiger charge is 2.08. The van der Waals surface area contributed by atoms with Gasteiger partial charge in [-0.1, -0.05) is 75.4 Å². The molecule has 138 valence electrons. The Morgan fingerprint density at radius 3 is 1.23 bits per heavy atom. The van der Waals surface area contributed by atoms with E-state index < -0.39 is 16.1 Å². The van der Waals surface area contributed by atoms with E-state index in [9.17, 15) is 0 Å². The lowest BCUT2D eigenvalue weighted by Gasteiger charge is -2.07. The Morgan fingerprint density at radius 1 is 0.692 bits per heavy atom. The first-order valence-corrected chi connectivity index (χ1v) is 18.2. The lowest BCUT2D eigenvalue weighted by atomic mass is 10.1. The van der Waals surface area contributed by atoms with Crippen molar-refractivity contribution in [3.05, 3.63) is 47.5 Å². The number of hydrogen-bond donors (Lipinski definition) is 0. The SMILES string of the molecule is CS/C(=C\C#C[Si](C)(C)C)c1ccc(/C(=C/C#C[Si](C)(C)C)SC)cc1. The molecule has 0 heterocycles. The summed E-state index contributed by atoms with van der Waals surface area (Å²) in [6.45, 7) is 13.6. The molecule has 0 aliphatic rings. The standard InChI is InChI=1S/C22H30S2Si2/c1-23-21(11-9-17-25(3,4)5)19-13-15-20(16-14-19)22(24-2)12-10-18-26(6,7)8/h11-16H,1-8H3/b21-11-,22-12-. The van der Waals surface area contributed by atoms with Crippen molar-refractivity contribution >= 4 is 49.5 Å². The maximum absolute atomic E-state index is 3.41. The molecule has 0 aromatic heterocycles. The van der Waals surface area contributed by atoms with Gasteiger partial charge in [0.15, 0.2) is 0 Å². The van der Waals surface area contributed by atoms with Gasteiger partial charge in [0, 0.05) is 22.0 Å². The lowest BCUT2D eigenvalue weighted by Crippen LogP contribution is -2.16. The Kier molecular flexibility index (Phi) is 9.14. The molecular formula is C22H30S2Si2. The summed E-state index contributed by atoms with van der Waals surface area (Å²) in [5.41, 5.74) is 9.25. The monoisotopic (exact) mass is 414 g/mol. The van der Waals surface area contributed by atoms with Crippen LogP contribution in [0.15, 0.2) is 36.4 Å². The highest BCUT2D eigenvalue weighted by molar-refractivity contribution is 8.07. The summed E-state index contributed by atoms with van der Waals surface area (Å²) < 4.78 is 0. The first kappa shape index (κ1) is 23.0. The normalized spacial score (nSPS) is 12.8. The molecule has 0 fully saturated rings. The highest BCUT2D eigenvalue weighted by atomic mass is 32.2. The van der Waals surface area contributed by atoms with Crippen LogP contribution < -0.4 is 0 Å². The Labute approximate surface area is 171 Å². The maximum atomic E-state index is 3.41. The summed E-state index contributed by atoms with van der Waals surface area (Å²) in [6.07, 6.45) is 8.33. The van der Waals surface area contributed by atoms with Crippen LogP contribution in [0.2, 0.25) is 39.3 Å². The van der Waals surface area contributed by atoms with Crippen LogP contribution in [0.5, 0.6) is 0 Å². The number of allylic oxidation sites excluding steroid dienone is 2. The zero-order valence-corrected chi connectivity index (χ0v) is 20.9. The van der Waals surface area contributed by atoms with Gasteiger partial charge in [0.25, 0.3) is 0 Å². The topological polar surface area (TPSA) is 0 Å². The third-order valence-corrected chi connectivity index (χ3v) is 6.57. The summed E-state index contributed by atoms with van der Waals surface area (Å²) in [7, 11) is -2.66. The Balaban J connectivity index is 3.08. The van der Waals surface area contributed by atoms with Crippen molar-refractivity contribution in [1.29, 1.82) is 0 Å². The van der Waals surface area contributed by atoms with Crippen molar-refractivity contribution in [2.45, 2.75) is 39.3 Å². The minimum atomic E-state index is -1.33. The molecule has 0 radical (unpaired) electrons. The fourth-order valence-electron chi connectivity index (χ4n) is 1.96. The van der Waals surface area contributed by atoms with E-state index in [0.717, 1.165) is 0 Å². The highest BCUT2D eigenvalue weighted by Crippen LogP contribution is 2.29. The van der Waals surface area contributed by atoms with Crippen molar-refractivity contribution < 1.29 is 0 Å². The predicted octanol–water partition coefficient (Wildman–Crippen LogP) is 6.86. The molecule has 0 unspecified atom stereocenters. The Morgan fingerprint density at radius 2 is 1.00 bits per heavy atom. The second-order valence-electron chi connectivity index (χ2n) is 8.04. The van der Waals surface area contributed by atoms with E-state index in [1.807, 2.05) is 0 Å². The van der Waals surface area contributed by atoms with E-state index in [1.165, 1.54) is 20.9 Å². The number of hydrogen-bond acceptors (Lipinski definition) is 2. The number of rotatable bonds is 4. The van der Waals surface area contributed by atoms with Gasteiger partial charge in [0.2, 0.25) is 0 Å². The van der Waals surface area contributed by atoms with Crippen molar-refractivity contribution in [2.24, 2.45) is 0 Å². The second-order valence-corrected chi connectivity index (χ2v) is 19.2. The first-order valence-electron chi connectivity index (χ1n) is 8.70. The molecule has 26 heavy (non-hydrogen) atoms. The zero-order chi connectivity index (χ0) is 19.8. The van der Waals surface area contributed by atoms with E-state index in [1.54, 1.807) is 23.5 Å². The Bertz CT molecular complexity index is 713. The Hall–Kier alpha value is -1.05. The third-order valence-electron chi connectivity index (χ3n) is 3.19. The fraction of sp³-hybridized carbons (Fsp3) is 0.364. The van der Waals surface area contributed by atoms with Crippen LogP contribution in [-0.4, -0.2) is 28.7 Å². The molecule has 0 aliphatic carbocycles. The molecule has 0 nitrogen and oxygen atoms in total. The van der Waals surface area contributed by atoms with E-state index in [-0.39, 0.29) is 0 Å². The summed E-state index contributed by atoms with van der Waals surface area (Å²) in [6, 6.07) is 8.74. The second kappa shape index (κ2) is 10.3. The van der Waals surface area contributed by atoms with Gasteiger partial charge in [-0.25, -0.2) is 0 Å². The van der Waals surface area contributed by atoms with Crippen molar-refractivity contribution in [3.8, 4) is 22.9 Å². The summed E-state index contributed by atoms with van der Waals surface area (Å²) in [5, 5.41) is 0. The summed E-state index contributed by atoms with van der Waals surface area (Å²) in [4.78, 5) is 2.44. The van der Waals surface area contributed by atoms with Crippen LogP contribution in [0, 0.1) is 22.9 Å². The van der Waals surface area contributed by atoms with Crippen molar-refractivity contribution in [3.63, 3.8) is 0 Å². The van der Waals surface area contributed by atoms with Crippen molar-refractivity contribution in [1.82, 2.24) is 0 Å². The molecule has 1 aromatic carbocycles. The van der Waals surface area contributed by atoms with E-state index in [0.29, 0.717) is 0 Å². The average Bonchev–Trinajstić information content (AvgIpc) is 2.54. The van der Waals surface area contributed by atoms with Gasteiger partial charge in [0.05, 0.1) is 0 Å². The molecular weight excluding hydrogens is 385 g/mol. The molecule has 4 heteroatoms. The van der Waals surface area contributed by atoms with E-state index in [4.69, 9.17) is 0 Å². The van der Waals surface area contributed by atoms with Gasteiger partial charge in [-0.2, -0.15) is 0 Å². The van der Waals surface area contributed by atoms with Crippen LogP contribution in [-0.2, 0) is 0 Å². The molecule has 1 aromatic rings. The van der Waals surface area contributed by atoms with Gasteiger partial charge < -0.3 is 0 Å². The molecule has 0 atom stereocenters. The number of benzene rings is 1. The first-order chi connectivity index (χ1) is 12.1. The molecule has 0 N–H and O–H groups in total. The van der Waals surface area contributed by atoms with Gasteiger partial charge in [0.1, 0.15) is 16.1 Å². The molecule has 0 saturated heterocycles.